The molecule has 1 aliphatic rings. The molecule has 5 heteroatoms. The van der Waals surface area contributed by atoms with E-state index in [1.807, 2.05) is 0 Å². The molecular formula is C11H14N2O3. The van der Waals surface area contributed by atoms with Crippen molar-refractivity contribution in [2.75, 3.05) is 26.2 Å². The molecule has 16 heavy (non-hydrogen) atoms. The topological polar surface area (TPSA) is 72.8 Å². The predicted octanol–water partition coefficient (Wildman–Crippen LogP) is 0.143. The van der Waals surface area contributed by atoms with E-state index in [9.17, 15) is 9.90 Å². The number of rotatable bonds is 1. The minimum atomic E-state index is -0.263. The first kappa shape index (κ1) is 10.8. The summed E-state index contributed by atoms with van der Waals surface area (Å²) in [7, 11) is 0. The second-order valence-electron chi connectivity index (χ2n) is 3.75. The number of phenolic OH excluding ortho intramolecular Hbond substituents is 2. The maximum Gasteiger partial charge on any atom is 0.254 e. The van der Waals surface area contributed by atoms with Gasteiger partial charge in [0.2, 0.25) is 0 Å². The molecule has 3 N–H and O–H groups in total. The van der Waals surface area contributed by atoms with Crippen LogP contribution >= 0.6 is 0 Å². The van der Waals surface area contributed by atoms with Gasteiger partial charge in [-0.2, -0.15) is 0 Å². The van der Waals surface area contributed by atoms with E-state index in [1.54, 1.807) is 4.90 Å². The van der Waals surface area contributed by atoms with Crippen LogP contribution in [0.1, 0.15) is 10.4 Å². The molecule has 0 spiro atoms. The predicted molar refractivity (Wildman–Crippen MR) is 58.5 cm³/mol. The van der Waals surface area contributed by atoms with E-state index >= 15 is 0 Å². The number of aromatic hydroxyl groups is 2. The number of phenols is 2. The van der Waals surface area contributed by atoms with Gasteiger partial charge in [0.05, 0.1) is 0 Å². The van der Waals surface area contributed by atoms with Crippen LogP contribution in [-0.2, 0) is 0 Å². The molecule has 0 unspecified atom stereocenters. The number of hydrogen-bond donors (Lipinski definition) is 3. The number of benzene rings is 1. The van der Waals surface area contributed by atoms with Gasteiger partial charge >= 0.3 is 0 Å². The van der Waals surface area contributed by atoms with Crippen molar-refractivity contribution in [1.82, 2.24) is 10.2 Å². The number of nitrogens with one attached hydrogen (secondary N) is 1. The maximum atomic E-state index is 12.0. The molecule has 1 aromatic carbocycles. The van der Waals surface area contributed by atoms with E-state index in [-0.39, 0.29) is 17.4 Å². The Bertz CT molecular complexity index is 400. The van der Waals surface area contributed by atoms with Gasteiger partial charge in [-0.15, -0.1) is 0 Å². The standard InChI is InChI=1S/C11H14N2O3/c14-9-2-1-8(7-10(9)15)11(16)13-5-3-12-4-6-13/h1-2,7,12,14-15H,3-6H2. The molecule has 1 aromatic rings. The van der Waals surface area contributed by atoms with E-state index in [4.69, 9.17) is 5.11 Å². The summed E-state index contributed by atoms with van der Waals surface area (Å²) in [6.07, 6.45) is 0. The quantitative estimate of drug-likeness (QED) is 0.591. The van der Waals surface area contributed by atoms with Crippen LogP contribution in [0.15, 0.2) is 18.2 Å². The largest absolute Gasteiger partial charge is 0.504 e. The zero-order valence-corrected chi connectivity index (χ0v) is 8.81. The zero-order chi connectivity index (χ0) is 11.5. The Balaban J connectivity index is 2.16. The van der Waals surface area contributed by atoms with E-state index in [0.717, 1.165) is 13.1 Å². The maximum absolute atomic E-state index is 12.0. The molecular weight excluding hydrogens is 208 g/mol. The molecule has 0 aromatic heterocycles. The third-order valence-electron chi connectivity index (χ3n) is 2.63. The summed E-state index contributed by atoms with van der Waals surface area (Å²) in [6, 6.07) is 4.13. The lowest BCUT2D eigenvalue weighted by molar-refractivity contribution is 0.0735. The van der Waals surface area contributed by atoms with Gasteiger partial charge in [0.15, 0.2) is 11.5 Å². The molecule has 0 saturated carbocycles. The van der Waals surface area contributed by atoms with Crippen LogP contribution in [0.2, 0.25) is 0 Å². The summed E-state index contributed by atoms with van der Waals surface area (Å²) in [5, 5.41) is 21.6. The molecule has 1 fully saturated rings. The van der Waals surface area contributed by atoms with Crippen molar-refractivity contribution in [2.24, 2.45) is 0 Å². The molecule has 1 heterocycles. The molecule has 86 valence electrons. The fourth-order valence-electron chi connectivity index (χ4n) is 1.71. The Labute approximate surface area is 93.3 Å². The molecule has 0 bridgehead atoms. The fourth-order valence-corrected chi connectivity index (χ4v) is 1.71. The SMILES string of the molecule is O=C(c1ccc(O)c(O)c1)N1CCNCC1. The van der Waals surface area contributed by atoms with Crippen molar-refractivity contribution in [1.29, 1.82) is 0 Å². The Hall–Kier alpha value is -1.75. The molecule has 0 atom stereocenters. The normalized spacial score (nSPS) is 16.1. The third kappa shape index (κ3) is 2.09. The second kappa shape index (κ2) is 4.40. The van der Waals surface area contributed by atoms with Crippen molar-refractivity contribution in [3.63, 3.8) is 0 Å². The van der Waals surface area contributed by atoms with Crippen LogP contribution < -0.4 is 5.32 Å². The summed E-state index contributed by atoms with van der Waals surface area (Å²) in [5.74, 6) is -0.588. The van der Waals surface area contributed by atoms with Crippen LogP contribution in [0, 0.1) is 0 Å². The van der Waals surface area contributed by atoms with Gasteiger partial charge in [0.25, 0.3) is 5.91 Å². The lowest BCUT2D eigenvalue weighted by Crippen LogP contribution is -2.46. The second-order valence-corrected chi connectivity index (χ2v) is 3.75. The lowest BCUT2D eigenvalue weighted by Gasteiger charge is -2.27. The summed E-state index contributed by atoms with van der Waals surface area (Å²) in [4.78, 5) is 13.7. The van der Waals surface area contributed by atoms with E-state index < -0.39 is 0 Å². The van der Waals surface area contributed by atoms with E-state index in [1.165, 1.54) is 18.2 Å². The average Bonchev–Trinajstić information content (AvgIpc) is 2.33. The van der Waals surface area contributed by atoms with Crippen LogP contribution in [-0.4, -0.2) is 47.2 Å². The first-order chi connectivity index (χ1) is 7.68. The van der Waals surface area contributed by atoms with Crippen LogP contribution in [0.3, 0.4) is 0 Å². The van der Waals surface area contributed by atoms with Crippen molar-refractivity contribution >= 4 is 5.91 Å². The Kier molecular flexibility index (Phi) is 2.96. The summed E-state index contributed by atoms with van der Waals surface area (Å²) in [5.41, 5.74) is 0.400. The molecule has 2 rings (SSSR count). The minimum Gasteiger partial charge on any atom is -0.504 e. The third-order valence-corrected chi connectivity index (χ3v) is 2.63. The highest BCUT2D eigenvalue weighted by Crippen LogP contribution is 2.25. The monoisotopic (exact) mass is 222 g/mol. The smallest absolute Gasteiger partial charge is 0.254 e. The molecule has 5 nitrogen and oxygen atoms in total. The fraction of sp³-hybridized carbons (Fsp3) is 0.364. The lowest BCUT2D eigenvalue weighted by atomic mass is 10.1. The van der Waals surface area contributed by atoms with Crippen molar-refractivity contribution in [3.8, 4) is 11.5 Å². The van der Waals surface area contributed by atoms with E-state index in [2.05, 4.69) is 5.32 Å². The van der Waals surface area contributed by atoms with Crippen molar-refractivity contribution < 1.29 is 15.0 Å². The number of nitrogens with zero attached hydrogens (tertiary/aromatic N) is 1. The zero-order valence-electron chi connectivity index (χ0n) is 8.81. The first-order valence-electron chi connectivity index (χ1n) is 5.20. The van der Waals surface area contributed by atoms with Gasteiger partial charge in [-0.05, 0) is 18.2 Å². The number of carbonyl (C=O) groups excluding carboxylic acids is 1. The molecule has 1 amide bonds. The Morgan fingerprint density at radius 3 is 2.50 bits per heavy atom. The molecule has 0 aliphatic carbocycles. The average molecular weight is 222 g/mol. The first-order valence-corrected chi connectivity index (χ1v) is 5.20. The van der Waals surface area contributed by atoms with Gasteiger partial charge in [-0.25, -0.2) is 0 Å². The molecule has 1 saturated heterocycles. The van der Waals surface area contributed by atoms with Gasteiger partial charge in [-0.1, -0.05) is 0 Å². The highest BCUT2D eigenvalue weighted by molar-refractivity contribution is 5.95. The number of piperazine rings is 1. The minimum absolute atomic E-state index is 0.114. The summed E-state index contributed by atoms with van der Waals surface area (Å²) < 4.78 is 0. The molecule has 0 radical (unpaired) electrons. The number of hydrogen-bond acceptors (Lipinski definition) is 4. The van der Waals surface area contributed by atoms with Crippen molar-refractivity contribution in [3.05, 3.63) is 23.8 Å². The summed E-state index contributed by atoms with van der Waals surface area (Å²) >= 11 is 0. The number of carbonyl (C=O) groups is 1. The summed E-state index contributed by atoms with van der Waals surface area (Å²) in [6.45, 7) is 2.91. The number of amides is 1. The van der Waals surface area contributed by atoms with Crippen LogP contribution in [0.5, 0.6) is 11.5 Å². The Morgan fingerprint density at radius 1 is 1.19 bits per heavy atom. The van der Waals surface area contributed by atoms with Gasteiger partial charge in [-0.3, -0.25) is 4.79 Å². The van der Waals surface area contributed by atoms with Crippen LogP contribution in [0.25, 0.3) is 0 Å². The van der Waals surface area contributed by atoms with Crippen LogP contribution in [0.4, 0.5) is 0 Å². The van der Waals surface area contributed by atoms with Gasteiger partial charge < -0.3 is 20.4 Å². The van der Waals surface area contributed by atoms with Crippen molar-refractivity contribution in [2.45, 2.75) is 0 Å². The van der Waals surface area contributed by atoms with Gasteiger partial charge in [0.1, 0.15) is 0 Å². The highest BCUT2D eigenvalue weighted by Gasteiger charge is 2.18. The van der Waals surface area contributed by atoms with E-state index in [0.29, 0.717) is 18.7 Å². The molecule has 1 aliphatic heterocycles. The highest BCUT2D eigenvalue weighted by atomic mass is 16.3. The Morgan fingerprint density at radius 2 is 1.88 bits per heavy atom. The van der Waals surface area contributed by atoms with Gasteiger partial charge in [0, 0.05) is 31.7 Å².